The number of hydrogen-bond acceptors (Lipinski definition) is 6. The zero-order valence-corrected chi connectivity index (χ0v) is 19.9. The van der Waals surface area contributed by atoms with Crippen molar-refractivity contribution in [1.29, 1.82) is 0 Å². The molecule has 0 saturated carbocycles. The van der Waals surface area contributed by atoms with Crippen molar-refractivity contribution in [3.8, 4) is 0 Å². The third-order valence-electron chi connectivity index (χ3n) is 6.93. The molecular formula is C26H35NO5. The lowest BCUT2D eigenvalue weighted by Gasteiger charge is -2.50. The molecule has 0 radical (unpaired) electrons. The van der Waals surface area contributed by atoms with Crippen molar-refractivity contribution in [2.45, 2.75) is 59.2 Å². The highest BCUT2D eigenvalue weighted by Gasteiger charge is 2.54. The summed E-state index contributed by atoms with van der Waals surface area (Å²) in [6.07, 6.45) is 12.6. The van der Waals surface area contributed by atoms with Crippen LogP contribution in [0.25, 0.3) is 0 Å². The van der Waals surface area contributed by atoms with Gasteiger partial charge in [0.25, 0.3) is 0 Å². The molecule has 2 aliphatic rings. The topological polar surface area (TPSA) is 85.2 Å². The van der Waals surface area contributed by atoms with E-state index in [1.807, 2.05) is 32.9 Å². The number of hydrogen-bond donors (Lipinski definition) is 1. The Morgan fingerprint density at radius 3 is 2.72 bits per heavy atom. The van der Waals surface area contributed by atoms with Crippen molar-refractivity contribution < 1.29 is 24.3 Å². The van der Waals surface area contributed by atoms with Gasteiger partial charge in [0.1, 0.15) is 6.10 Å². The lowest BCUT2D eigenvalue weighted by Crippen LogP contribution is -2.54. The van der Waals surface area contributed by atoms with Gasteiger partial charge >= 0.3 is 5.97 Å². The van der Waals surface area contributed by atoms with Crippen molar-refractivity contribution in [3.05, 3.63) is 59.8 Å². The van der Waals surface area contributed by atoms with Crippen LogP contribution in [0.3, 0.4) is 0 Å². The minimum absolute atomic E-state index is 0.130. The number of nitrogens with zero attached hydrogens (tertiary/aromatic N) is 1. The Morgan fingerprint density at radius 1 is 1.44 bits per heavy atom. The fourth-order valence-electron chi connectivity index (χ4n) is 4.41. The molecule has 0 aliphatic heterocycles. The van der Waals surface area contributed by atoms with Gasteiger partial charge in [-0.3, -0.25) is 4.79 Å². The summed E-state index contributed by atoms with van der Waals surface area (Å²) in [5.74, 6) is -0.352. The minimum atomic E-state index is -1.34. The molecule has 2 aliphatic carbocycles. The van der Waals surface area contributed by atoms with Gasteiger partial charge in [-0.25, -0.2) is 4.79 Å². The Kier molecular flexibility index (Phi) is 8.18. The van der Waals surface area contributed by atoms with Crippen LogP contribution in [0.1, 0.15) is 47.5 Å². The van der Waals surface area contributed by atoms with Crippen LogP contribution in [0.4, 0.5) is 0 Å². The molecule has 32 heavy (non-hydrogen) atoms. The second kappa shape index (κ2) is 10.3. The summed E-state index contributed by atoms with van der Waals surface area (Å²) >= 11 is 0. The molecule has 5 unspecified atom stereocenters. The lowest BCUT2D eigenvalue weighted by atomic mass is 9.57. The number of fused-ring (bicyclic) bond motifs is 1. The van der Waals surface area contributed by atoms with Crippen LogP contribution in [-0.2, 0) is 19.1 Å². The summed E-state index contributed by atoms with van der Waals surface area (Å²) in [6.45, 7) is 14.1. The molecule has 6 nitrogen and oxygen atoms in total. The Balaban J connectivity index is 2.26. The Bertz CT molecular complexity index is 909. The first kappa shape index (κ1) is 25.5. The average Bonchev–Trinajstić information content (AvgIpc) is 2.75. The summed E-state index contributed by atoms with van der Waals surface area (Å²) in [5, 5.41) is 12.0. The second-order valence-corrected chi connectivity index (χ2v) is 9.04. The SMILES string of the molecule is C=C(C=NO)C1(OC)CC2(C)C(=CC1=O)C=CC(OC(=O)C=CC(C)=CC(C)CC)C2C. The second-order valence-electron chi connectivity index (χ2n) is 9.04. The fourth-order valence-corrected chi connectivity index (χ4v) is 4.41. The molecule has 1 N–H and O–H groups in total. The molecule has 6 heteroatoms. The molecule has 0 saturated heterocycles. The van der Waals surface area contributed by atoms with Gasteiger partial charge in [-0.05, 0) is 37.0 Å². The molecular weight excluding hydrogens is 406 g/mol. The lowest BCUT2D eigenvalue weighted by molar-refractivity contribution is -0.148. The molecule has 0 bridgehead atoms. The Morgan fingerprint density at radius 2 is 2.12 bits per heavy atom. The number of carbonyl (C=O) groups is 2. The predicted molar refractivity (Wildman–Crippen MR) is 126 cm³/mol. The van der Waals surface area contributed by atoms with Gasteiger partial charge in [0, 0.05) is 30.1 Å². The van der Waals surface area contributed by atoms with Gasteiger partial charge in [0.05, 0.1) is 6.21 Å². The molecule has 174 valence electrons. The number of carbonyl (C=O) groups excluding carboxylic acids is 2. The molecule has 0 aromatic carbocycles. The maximum absolute atomic E-state index is 12.9. The molecule has 0 heterocycles. The molecule has 0 amide bonds. The summed E-state index contributed by atoms with van der Waals surface area (Å²) in [6, 6.07) is 0. The molecule has 0 spiro atoms. The first-order valence-corrected chi connectivity index (χ1v) is 11.0. The van der Waals surface area contributed by atoms with Gasteiger partial charge in [0.15, 0.2) is 11.4 Å². The van der Waals surface area contributed by atoms with Crippen molar-refractivity contribution in [2.24, 2.45) is 22.4 Å². The van der Waals surface area contributed by atoms with E-state index < -0.39 is 23.1 Å². The van der Waals surface area contributed by atoms with E-state index in [4.69, 9.17) is 14.7 Å². The van der Waals surface area contributed by atoms with Gasteiger partial charge in [-0.1, -0.05) is 69.7 Å². The third kappa shape index (κ3) is 5.01. The Hall–Kier alpha value is -2.73. The normalized spacial score (nSPS) is 31.5. The number of ketones is 1. The van der Waals surface area contributed by atoms with Crippen molar-refractivity contribution in [1.82, 2.24) is 0 Å². The van der Waals surface area contributed by atoms with Crippen LogP contribution in [-0.4, -0.2) is 42.0 Å². The van der Waals surface area contributed by atoms with E-state index in [1.54, 1.807) is 12.2 Å². The largest absolute Gasteiger partial charge is 0.455 e. The van der Waals surface area contributed by atoms with Crippen molar-refractivity contribution in [3.63, 3.8) is 0 Å². The highest BCUT2D eigenvalue weighted by molar-refractivity contribution is 6.06. The van der Waals surface area contributed by atoms with E-state index in [0.717, 1.165) is 23.8 Å². The average molecular weight is 442 g/mol. The number of ether oxygens (including phenoxy) is 2. The number of methoxy groups -OCH3 is 1. The summed E-state index contributed by atoms with van der Waals surface area (Å²) in [5.41, 5.74) is 0.278. The van der Waals surface area contributed by atoms with E-state index in [2.05, 4.69) is 31.7 Å². The third-order valence-corrected chi connectivity index (χ3v) is 6.93. The monoisotopic (exact) mass is 441 g/mol. The van der Waals surface area contributed by atoms with E-state index >= 15 is 0 Å². The number of allylic oxidation sites excluding steroid dienone is 5. The number of rotatable bonds is 8. The highest BCUT2D eigenvalue weighted by atomic mass is 16.5. The number of esters is 1. The predicted octanol–water partition coefficient (Wildman–Crippen LogP) is 4.96. The molecule has 0 aromatic heterocycles. The smallest absolute Gasteiger partial charge is 0.331 e. The zero-order valence-electron chi connectivity index (χ0n) is 19.9. The van der Waals surface area contributed by atoms with Crippen LogP contribution in [0.5, 0.6) is 0 Å². The van der Waals surface area contributed by atoms with Crippen LogP contribution >= 0.6 is 0 Å². The summed E-state index contributed by atoms with van der Waals surface area (Å²) < 4.78 is 11.4. The van der Waals surface area contributed by atoms with E-state index in [0.29, 0.717) is 5.92 Å². The molecule has 0 fully saturated rings. The summed E-state index contributed by atoms with van der Waals surface area (Å²) in [4.78, 5) is 25.4. The van der Waals surface area contributed by atoms with Gasteiger partial charge in [-0.2, -0.15) is 0 Å². The number of oxime groups is 1. The zero-order chi connectivity index (χ0) is 24.1. The summed E-state index contributed by atoms with van der Waals surface area (Å²) in [7, 11) is 1.44. The first-order valence-electron chi connectivity index (χ1n) is 11.0. The highest BCUT2D eigenvalue weighted by Crippen LogP contribution is 2.52. The molecule has 5 atom stereocenters. The van der Waals surface area contributed by atoms with E-state index in [-0.39, 0.29) is 23.7 Å². The van der Waals surface area contributed by atoms with Gasteiger partial charge in [-0.15, -0.1) is 0 Å². The van der Waals surface area contributed by atoms with Gasteiger partial charge in [0.2, 0.25) is 0 Å². The van der Waals surface area contributed by atoms with Crippen molar-refractivity contribution in [2.75, 3.05) is 7.11 Å². The minimum Gasteiger partial charge on any atom is -0.455 e. The molecule has 2 rings (SSSR count). The van der Waals surface area contributed by atoms with Crippen LogP contribution < -0.4 is 0 Å². The first-order chi connectivity index (χ1) is 15.0. The standard InChI is InChI=1S/C26H35NO5/c1-8-17(2)13-18(3)9-12-24(29)32-22-11-10-21-14-23(28)26(31-7,19(4)15-27-30)16-25(21,6)20(22)5/h9-15,17,20,22,30H,4,8,16H2,1-3,5-7H3. The quantitative estimate of drug-likeness (QED) is 0.144. The van der Waals surface area contributed by atoms with Crippen molar-refractivity contribution >= 4 is 18.0 Å². The Labute approximate surface area is 191 Å². The van der Waals surface area contributed by atoms with E-state index in [1.165, 1.54) is 13.2 Å². The maximum Gasteiger partial charge on any atom is 0.331 e. The van der Waals surface area contributed by atoms with Crippen LogP contribution in [0, 0.1) is 17.3 Å². The fraction of sp³-hybridized carbons (Fsp3) is 0.500. The maximum atomic E-state index is 12.9. The van der Waals surface area contributed by atoms with Crippen LogP contribution in [0.15, 0.2) is 64.9 Å². The molecule has 0 aromatic rings. The van der Waals surface area contributed by atoms with E-state index in [9.17, 15) is 9.59 Å². The van der Waals surface area contributed by atoms with Gasteiger partial charge < -0.3 is 14.7 Å². The van der Waals surface area contributed by atoms with Crippen LogP contribution in [0.2, 0.25) is 0 Å².